The van der Waals surface area contributed by atoms with E-state index in [4.69, 9.17) is 10.7 Å². The Bertz CT molecular complexity index is 1050. The SMILES string of the molecule is NC(=O)c1ncn2c1CN=C(c1ccccc1)c1cc(C3CC3)ccc1-2. The van der Waals surface area contributed by atoms with Crippen LogP contribution in [0.25, 0.3) is 5.69 Å². The predicted molar refractivity (Wildman–Crippen MR) is 99.8 cm³/mol. The molecule has 1 aliphatic carbocycles. The molecule has 128 valence electrons. The van der Waals surface area contributed by atoms with Crippen LogP contribution in [0.4, 0.5) is 0 Å². The summed E-state index contributed by atoms with van der Waals surface area (Å²) in [6, 6.07) is 16.7. The Morgan fingerprint density at radius 2 is 1.92 bits per heavy atom. The van der Waals surface area contributed by atoms with Crippen LogP contribution in [-0.2, 0) is 6.54 Å². The number of hydrogen-bond donors (Lipinski definition) is 1. The van der Waals surface area contributed by atoms with Gasteiger partial charge in [-0.05, 0) is 36.5 Å². The summed E-state index contributed by atoms with van der Waals surface area (Å²) in [5, 5.41) is 0. The molecule has 5 rings (SSSR count). The molecule has 26 heavy (non-hydrogen) atoms. The minimum Gasteiger partial charge on any atom is -0.364 e. The molecule has 1 aromatic heterocycles. The number of fused-ring (bicyclic) bond motifs is 3. The summed E-state index contributed by atoms with van der Waals surface area (Å²) in [5.41, 5.74) is 12.0. The highest BCUT2D eigenvalue weighted by Gasteiger charge is 2.27. The van der Waals surface area contributed by atoms with Gasteiger partial charge in [-0.3, -0.25) is 14.4 Å². The average molecular weight is 342 g/mol. The minimum atomic E-state index is -0.520. The van der Waals surface area contributed by atoms with E-state index in [1.807, 2.05) is 22.8 Å². The van der Waals surface area contributed by atoms with E-state index in [0.29, 0.717) is 18.2 Å². The van der Waals surface area contributed by atoms with E-state index in [2.05, 4.69) is 35.3 Å². The smallest absolute Gasteiger partial charge is 0.269 e. The third-order valence-electron chi connectivity index (χ3n) is 5.12. The Balaban J connectivity index is 1.76. The Morgan fingerprint density at radius 1 is 1.12 bits per heavy atom. The molecule has 5 nitrogen and oxygen atoms in total. The second-order valence-corrected chi connectivity index (χ2v) is 6.86. The zero-order chi connectivity index (χ0) is 17.7. The number of hydrogen-bond acceptors (Lipinski definition) is 3. The molecule has 0 atom stereocenters. The normalized spacial score (nSPS) is 15.6. The number of primary amides is 1. The number of benzene rings is 2. The molecule has 1 aliphatic heterocycles. The third-order valence-corrected chi connectivity index (χ3v) is 5.12. The van der Waals surface area contributed by atoms with Gasteiger partial charge in [0, 0.05) is 11.1 Å². The summed E-state index contributed by atoms with van der Waals surface area (Å²) >= 11 is 0. The van der Waals surface area contributed by atoms with Crippen LogP contribution in [0.3, 0.4) is 0 Å². The van der Waals surface area contributed by atoms with E-state index in [-0.39, 0.29) is 0 Å². The number of carbonyl (C=O) groups is 1. The van der Waals surface area contributed by atoms with Crippen molar-refractivity contribution in [2.75, 3.05) is 0 Å². The highest BCUT2D eigenvalue weighted by molar-refractivity contribution is 6.15. The number of aromatic nitrogens is 2. The Morgan fingerprint density at radius 3 is 2.65 bits per heavy atom. The van der Waals surface area contributed by atoms with E-state index in [1.54, 1.807) is 6.33 Å². The van der Waals surface area contributed by atoms with Crippen LogP contribution < -0.4 is 5.73 Å². The first-order chi connectivity index (χ1) is 12.7. The maximum absolute atomic E-state index is 11.8. The maximum Gasteiger partial charge on any atom is 0.269 e. The number of nitrogens with zero attached hydrogens (tertiary/aromatic N) is 3. The quantitative estimate of drug-likeness (QED) is 0.794. The molecule has 0 bridgehead atoms. The van der Waals surface area contributed by atoms with Crippen LogP contribution in [0.2, 0.25) is 0 Å². The lowest BCUT2D eigenvalue weighted by Crippen LogP contribution is -2.14. The Labute approximate surface area is 151 Å². The third kappa shape index (κ3) is 2.36. The molecule has 2 heterocycles. The van der Waals surface area contributed by atoms with Crippen LogP contribution in [0.5, 0.6) is 0 Å². The van der Waals surface area contributed by atoms with Gasteiger partial charge in [-0.15, -0.1) is 0 Å². The molecule has 0 spiro atoms. The lowest BCUT2D eigenvalue weighted by atomic mass is 9.97. The number of aliphatic imine (C=N–C) groups is 1. The number of amides is 1. The van der Waals surface area contributed by atoms with Crippen molar-refractivity contribution in [3.05, 3.63) is 82.9 Å². The molecular formula is C21H18N4O. The summed E-state index contributed by atoms with van der Waals surface area (Å²) in [6.45, 7) is 0.371. The molecule has 2 aliphatic rings. The van der Waals surface area contributed by atoms with Crippen LogP contribution in [0, 0.1) is 0 Å². The zero-order valence-electron chi connectivity index (χ0n) is 14.2. The monoisotopic (exact) mass is 342 g/mol. The van der Waals surface area contributed by atoms with E-state index in [9.17, 15) is 4.79 Å². The van der Waals surface area contributed by atoms with Crippen molar-refractivity contribution in [1.82, 2.24) is 9.55 Å². The molecule has 0 saturated heterocycles. The summed E-state index contributed by atoms with van der Waals surface area (Å²) in [6.07, 6.45) is 4.17. The van der Waals surface area contributed by atoms with Crippen molar-refractivity contribution in [1.29, 1.82) is 0 Å². The van der Waals surface area contributed by atoms with E-state index >= 15 is 0 Å². The van der Waals surface area contributed by atoms with Crippen LogP contribution >= 0.6 is 0 Å². The van der Waals surface area contributed by atoms with Crippen LogP contribution in [0.15, 0.2) is 59.9 Å². The molecule has 1 fully saturated rings. The summed E-state index contributed by atoms with van der Waals surface area (Å²) in [4.78, 5) is 20.8. The number of rotatable bonds is 3. The fraction of sp³-hybridized carbons (Fsp3) is 0.190. The first-order valence-corrected chi connectivity index (χ1v) is 8.83. The maximum atomic E-state index is 11.8. The van der Waals surface area contributed by atoms with Crippen molar-refractivity contribution >= 4 is 11.6 Å². The van der Waals surface area contributed by atoms with Gasteiger partial charge in [0.25, 0.3) is 5.91 Å². The van der Waals surface area contributed by atoms with Gasteiger partial charge in [0.15, 0.2) is 5.69 Å². The highest BCUT2D eigenvalue weighted by atomic mass is 16.1. The van der Waals surface area contributed by atoms with E-state index in [0.717, 1.165) is 28.2 Å². The number of imidazole rings is 1. The van der Waals surface area contributed by atoms with Crippen molar-refractivity contribution in [2.24, 2.45) is 10.7 Å². The van der Waals surface area contributed by atoms with E-state index < -0.39 is 5.91 Å². The standard InChI is InChI=1S/C21H18N4O/c22-21(26)20-18-11-23-19(14-4-2-1-3-5-14)16-10-15(13-6-7-13)8-9-17(16)25(18)12-24-20/h1-5,8-10,12-13H,6-7,11H2,(H2,22,26). The summed E-state index contributed by atoms with van der Waals surface area (Å²) in [5.74, 6) is 0.136. The molecule has 0 radical (unpaired) electrons. The zero-order valence-corrected chi connectivity index (χ0v) is 14.2. The van der Waals surface area contributed by atoms with Gasteiger partial charge in [0.1, 0.15) is 6.33 Å². The largest absolute Gasteiger partial charge is 0.364 e. The fourth-order valence-corrected chi connectivity index (χ4v) is 3.64. The lowest BCUT2D eigenvalue weighted by Gasteiger charge is -2.13. The topological polar surface area (TPSA) is 73.3 Å². The lowest BCUT2D eigenvalue weighted by molar-refractivity contribution is 0.0995. The summed E-state index contributed by atoms with van der Waals surface area (Å²) < 4.78 is 1.95. The van der Waals surface area contributed by atoms with Gasteiger partial charge >= 0.3 is 0 Å². The molecule has 0 unspecified atom stereocenters. The van der Waals surface area contributed by atoms with Crippen molar-refractivity contribution in [2.45, 2.75) is 25.3 Å². The van der Waals surface area contributed by atoms with Crippen LogP contribution in [0.1, 0.15) is 51.6 Å². The van der Waals surface area contributed by atoms with Gasteiger partial charge in [0.2, 0.25) is 0 Å². The second kappa shape index (κ2) is 5.66. The average Bonchev–Trinajstić information content (AvgIpc) is 3.44. The van der Waals surface area contributed by atoms with Crippen LogP contribution in [-0.4, -0.2) is 21.2 Å². The molecule has 3 aromatic rings. The van der Waals surface area contributed by atoms with Gasteiger partial charge in [-0.25, -0.2) is 4.98 Å². The molecule has 1 amide bonds. The fourth-order valence-electron chi connectivity index (χ4n) is 3.64. The molecule has 1 saturated carbocycles. The molecule has 5 heteroatoms. The summed E-state index contributed by atoms with van der Waals surface area (Å²) in [7, 11) is 0. The number of carbonyl (C=O) groups excluding carboxylic acids is 1. The van der Waals surface area contributed by atoms with Gasteiger partial charge in [-0.2, -0.15) is 0 Å². The minimum absolute atomic E-state index is 0.292. The molecular weight excluding hydrogens is 324 g/mol. The van der Waals surface area contributed by atoms with Gasteiger partial charge in [0.05, 0.1) is 23.6 Å². The second-order valence-electron chi connectivity index (χ2n) is 6.86. The van der Waals surface area contributed by atoms with Gasteiger partial charge in [-0.1, -0.05) is 36.4 Å². The van der Waals surface area contributed by atoms with Crippen molar-refractivity contribution < 1.29 is 4.79 Å². The Hall–Kier alpha value is -3.21. The van der Waals surface area contributed by atoms with Gasteiger partial charge < -0.3 is 5.73 Å². The van der Waals surface area contributed by atoms with E-state index in [1.165, 1.54) is 18.4 Å². The first-order valence-electron chi connectivity index (χ1n) is 8.83. The first kappa shape index (κ1) is 15.1. The highest BCUT2D eigenvalue weighted by Crippen LogP contribution is 2.41. The van der Waals surface area contributed by atoms with Crippen molar-refractivity contribution in [3.63, 3.8) is 0 Å². The Kier molecular flexibility index (Phi) is 3.28. The molecule has 2 N–H and O–H groups in total. The predicted octanol–water partition coefficient (Wildman–Crippen LogP) is 3.20. The van der Waals surface area contributed by atoms with Crippen molar-refractivity contribution in [3.8, 4) is 5.69 Å². The number of nitrogens with two attached hydrogens (primary N) is 1. The molecule has 2 aromatic carbocycles.